The van der Waals surface area contributed by atoms with Gasteiger partial charge in [-0.05, 0) is 69.7 Å². The van der Waals surface area contributed by atoms with Crippen molar-refractivity contribution in [3.63, 3.8) is 0 Å². The zero-order valence-electron chi connectivity index (χ0n) is 17.7. The van der Waals surface area contributed by atoms with Crippen molar-refractivity contribution >= 4 is 21.6 Å². The summed E-state index contributed by atoms with van der Waals surface area (Å²) in [6, 6.07) is 11.5. The van der Waals surface area contributed by atoms with Gasteiger partial charge in [0.1, 0.15) is 5.75 Å². The van der Waals surface area contributed by atoms with Crippen molar-refractivity contribution in [3.05, 3.63) is 53.6 Å². The molecule has 0 aliphatic carbocycles. The standard InChI is InChI=1S/C22H28N2O5S/c1-5-28-20-10-8-19(9-11-20)23-30(26,27)21-12-18(7-6-15(21)2)22(25)24-13-16(3)29-17(4)14-24/h6-12,16-17,23H,5,13-14H2,1-4H3. The molecule has 2 atom stereocenters. The third kappa shape index (κ3) is 5.12. The summed E-state index contributed by atoms with van der Waals surface area (Å²) in [5, 5.41) is 0. The summed E-state index contributed by atoms with van der Waals surface area (Å²) in [6.45, 7) is 8.91. The summed E-state index contributed by atoms with van der Waals surface area (Å²) >= 11 is 0. The molecular formula is C22H28N2O5S. The molecule has 0 saturated carbocycles. The second-order valence-corrected chi connectivity index (χ2v) is 9.16. The molecule has 1 aliphatic heterocycles. The van der Waals surface area contributed by atoms with Gasteiger partial charge in [0.25, 0.3) is 15.9 Å². The second-order valence-electron chi connectivity index (χ2n) is 7.51. The maximum atomic E-state index is 13.0. The van der Waals surface area contributed by atoms with Crippen LogP contribution in [-0.2, 0) is 14.8 Å². The Morgan fingerprint density at radius 3 is 2.37 bits per heavy atom. The highest BCUT2D eigenvalue weighted by atomic mass is 32.2. The Balaban J connectivity index is 1.83. The quantitative estimate of drug-likeness (QED) is 0.756. The number of nitrogens with one attached hydrogen (secondary N) is 1. The van der Waals surface area contributed by atoms with Crippen LogP contribution in [0.2, 0.25) is 0 Å². The molecule has 162 valence electrons. The third-order valence-electron chi connectivity index (χ3n) is 4.85. The van der Waals surface area contributed by atoms with E-state index in [1.807, 2.05) is 20.8 Å². The molecule has 30 heavy (non-hydrogen) atoms. The fourth-order valence-corrected chi connectivity index (χ4v) is 4.88. The molecule has 3 rings (SSSR count). The number of nitrogens with zero attached hydrogens (tertiary/aromatic N) is 1. The van der Waals surface area contributed by atoms with Crippen molar-refractivity contribution in [1.29, 1.82) is 0 Å². The van der Waals surface area contributed by atoms with Gasteiger partial charge in [-0.3, -0.25) is 9.52 Å². The Hall–Kier alpha value is -2.58. The molecule has 0 spiro atoms. The van der Waals surface area contributed by atoms with Crippen LogP contribution in [0.3, 0.4) is 0 Å². The van der Waals surface area contributed by atoms with Gasteiger partial charge in [0.2, 0.25) is 0 Å². The minimum atomic E-state index is -3.86. The highest BCUT2D eigenvalue weighted by molar-refractivity contribution is 7.92. The zero-order valence-corrected chi connectivity index (χ0v) is 18.5. The van der Waals surface area contributed by atoms with Crippen LogP contribution in [0.15, 0.2) is 47.4 Å². The smallest absolute Gasteiger partial charge is 0.262 e. The van der Waals surface area contributed by atoms with Gasteiger partial charge in [-0.2, -0.15) is 0 Å². The number of hydrogen-bond acceptors (Lipinski definition) is 5. The van der Waals surface area contributed by atoms with Gasteiger partial charge < -0.3 is 14.4 Å². The van der Waals surface area contributed by atoms with E-state index < -0.39 is 10.0 Å². The molecule has 1 aliphatic rings. The molecular weight excluding hydrogens is 404 g/mol. The monoisotopic (exact) mass is 432 g/mol. The van der Waals surface area contributed by atoms with Gasteiger partial charge >= 0.3 is 0 Å². The van der Waals surface area contributed by atoms with Gasteiger partial charge in [-0.25, -0.2) is 8.42 Å². The molecule has 1 amide bonds. The lowest BCUT2D eigenvalue weighted by molar-refractivity contribution is -0.0586. The molecule has 1 heterocycles. The fraction of sp³-hybridized carbons (Fsp3) is 0.409. The van der Waals surface area contributed by atoms with E-state index >= 15 is 0 Å². The lowest BCUT2D eigenvalue weighted by Gasteiger charge is -2.35. The van der Waals surface area contributed by atoms with Crippen molar-refractivity contribution in [2.24, 2.45) is 0 Å². The normalized spacial score (nSPS) is 19.4. The van der Waals surface area contributed by atoms with Gasteiger partial charge in [0, 0.05) is 24.3 Å². The first kappa shape index (κ1) is 22.1. The van der Waals surface area contributed by atoms with E-state index in [0.29, 0.717) is 42.3 Å². The summed E-state index contributed by atoms with van der Waals surface area (Å²) in [5.41, 5.74) is 1.33. The average Bonchev–Trinajstić information content (AvgIpc) is 2.68. The highest BCUT2D eigenvalue weighted by Crippen LogP contribution is 2.24. The van der Waals surface area contributed by atoms with Crippen LogP contribution < -0.4 is 9.46 Å². The average molecular weight is 433 g/mol. The first-order valence-corrected chi connectivity index (χ1v) is 11.5. The van der Waals surface area contributed by atoms with Crippen molar-refractivity contribution in [2.75, 3.05) is 24.4 Å². The lowest BCUT2D eigenvalue weighted by Crippen LogP contribution is -2.48. The summed E-state index contributed by atoms with van der Waals surface area (Å²) < 4.78 is 39.6. The van der Waals surface area contributed by atoms with Crippen LogP contribution in [0.25, 0.3) is 0 Å². The summed E-state index contributed by atoms with van der Waals surface area (Å²) in [6.07, 6.45) is -0.125. The number of carbonyl (C=O) groups excluding carboxylic acids is 1. The molecule has 1 saturated heterocycles. The highest BCUT2D eigenvalue weighted by Gasteiger charge is 2.28. The number of benzene rings is 2. The lowest BCUT2D eigenvalue weighted by atomic mass is 10.1. The molecule has 2 aromatic carbocycles. The van der Waals surface area contributed by atoms with Gasteiger partial charge in [-0.1, -0.05) is 6.07 Å². The van der Waals surface area contributed by atoms with E-state index in [2.05, 4.69) is 4.72 Å². The van der Waals surface area contributed by atoms with Gasteiger partial charge in [0.15, 0.2) is 0 Å². The van der Waals surface area contributed by atoms with Crippen molar-refractivity contribution < 1.29 is 22.7 Å². The first-order chi connectivity index (χ1) is 14.2. The van der Waals surface area contributed by atoms with Gasteiger partial charge in [-0.15, -0.1) is 0 Å². The predicted octanol–water partition coefficient (Wildman–Crippen LogP) is 3.44. The number of aryl methyl sites for hydroxylation is 1. The minimum Gasteiger partial charge on any atom is -0.494 e. The Morgan fingerprint density at radius 2 is 1.77 bits per heavy atom. The number of sulfonamides is 1. The Kier molecular flexibility index (Phi) is 6.67. The van der Waals surface area contributed by atoms with E-state index in [1.165, 1.54) is 6.07 Å². The topological polar surface area (TPSA) is 84.9 Å². The van der Waals surface area contributed by atoms with Crippen molar-refractivity contribution in [1.82, 2.24) is 4.90 Å². The van der Waals surface area contributed by atoms with Crippen LogP contribution in [0.1, 0.15) is 36.7 Å². The molecule has 0 bridgehead atoms. The van der Waals surface area contributed by atoms with Crippen molar-refractivity contribution in [3.8, 4) is 5.75 Å². The molecule has 2 unspecified atom stereocenters. The van der Waals surface area contributed by atoms with E-state index in [0.717, 1.165) is 0 Å². The third-order valence-corrected chi connectivity index (χ3v) is 6.37. The van der Waals surface area contributed by atoms with Gasteiger partial charge in [0.05, 0.1) is 23.7 Å². The van der Waals surface area contributed by atoms with Crippen LogP contribution in [0.4, 0.5) is 5.69 Å². The Bertz CT molecular complexity index is 995. The number of carbonyl (C=O) groups is 1. The first-order valence-electron chi connectivity index (χ1n) is 10.0. The molecule has 0 radical (unpaired) electrons. The van der Waals surface area contributed by atoms with Crippen LogP contribution in [0.5, 0.6) is 5.75 Å². The number of hydrogen-bond donors (Lipinski definition) is 1. The minimum absolute atomic E-state index is 0.0623. The number of ether oxygens (including phenoxy) is 2. The summed E-state index contributed by atoms with van der Waals surface area (Å²) in [4.78, 5) is 14.8. The molecule has 7 nitrogen and oxygen atoms in total. The SMILES string of the molecule is CCOc1ccc(NS(=O)(=O)c2cc(C(=O)N3CC(C)OC(C)C3)ccc2C)cc1. The molecule has 8 heteroatoms. The molecule has 2 aromatic rings. The fourth-order valence-electron chi connectivity index (χ4n) is 3.54. The Labute approximate surface area is 178 Å². The second kappa shape index (κ2) is 9.06. The largest absolute Gasteiger partial charge is 0.494 e. The Morgan fingerprint density at radius 1 is 1.13 bits per heavy atom. The maximum absolute atomic E-state index is 13.0. The van der Waals surface area contributed by atoms with E-state index in [-0.39, 0.29) is 23.0 Å². The summed E-state index contributed by atoms with van der Waals surface area (Å²) in [7, 11) is -3.86. The number of amides is 1. The van der Waals surface area contributed by atoms with Crippen molar-refractivity contribution in [2.45, 2.75) is 44.8 Å². The number of anilines is 1. The van der Waals surface area contributed by atoms with E-state index in [1.54, 1.807) is 48.2 Å². The molecule has 1 fully saturated rings. The maximum Gasteiger partial charge on any atom is 0.262 e. The molecule has 0 aromatic heterocycles. The van der Waals surface area contributed by atoms with Crippen LogP contribution in [0, 0.1) is 6.92 Å². The number of rotatable bonds is 6. The van der Waals surface area contributed by atoms with Crippen LogP contribution >= 0.6 is 0 Å². The van der Waals surface area contributed by atoms with E-state index in [4.69, 9.17) is 9.47 Å². The number of morpholine rings is 1. The summed E-state index contributed by atoms with van der Waals surface area (Å²) in [5.74, 6) is 0.465. The molecule has 1 N–H and O–H groups in total. The zero-order chi connectivity index (χ0) is 21.9. The van der Waals surface area contributed by atoms with E-state index in [9.17, 15) is 13.2 Å². The van der Waals surface area contributed by atoms with Crippen LogP contribution in [-0.4, -0.2) is 51.1 Å². The predicted molar refractivity (Wildman–Crippen MR) is 116 cm³/mol.